The average Bonchev–Trinajstić information content (AvgIpc) is 2.42. The van der Waals surface area contributed by atoms with E-state index >= 15 is 0 Å². The number of aliphatic carboxylic acids is 1. The number of carbonyl (C=O) groups is 1. The fraction of sp³-hybridized carbons (Fsp3) is 0.533. The first-order valence-corrected chi connectivity index (χ1v) is 7.67. The van der Waals surface area contributed by atoms with Gasteiger partial charge in [-0.1, -0.05) is 40.5 Å². The summed E-state index contributed by atoms with van der Waals surface area (Å²) >= 11 is 3.45. The molecule has 0 aliphatic carbocycles. The molecule has 1 heterocycles. The summed E-state index contributed by atoms with van der Waals surface area (Å²) < 4.78 is 0.890. The number of hydrogen-bond acceptors (Lipinski definition) is 2. The zero-order chi connectivity index (χ0) is 13.7. The van der Waals surface area contributed by atoms with Crippen LogP contribution in [-0.2, 0) is 4.79 Å². The van der Waals surface area contributed by atoms with Gasteiger partial charge in [-0.05, 0) is 50.5 Å². The fourth-order valence-corrected chi connectivity index (χ4v) is 3.23. The van der Waals surface area contributed by atoms with Crippen molar-refractivity contribution >= 4 is 21.9 Å². The highest BCUT2D eigenvalue weighted by Gasteiger charge is 2.23. The molecule has 0 amide bonds. The number of carboxylic acids is 1. The Morgan fingerprint density at radius 1 is 1.26 bits per heavy atom. The second-order valence-corrected chi connectivity index (χ2v) is 5.96. The van der Waals surface area contributed by atoms with Crippen molar-refractivity contribution in [1.82, 2.24) is 4.90 Å². The van der Waals surface area contributed by atoms with E-state index in [0.717, 1.165) is 29.7 Å². The van der Waals surface area contributed by atoms with Gasteiger partial charge < -0.3 is 10.0 Å². The first-order valence-electron chi connectivity index (χ1n) is 6.88. The van der Waals surface area contributed by atoms with Gasteiger partial charge in [0.25, 0.3) is 0 Å². The highest BCUT2D eigenvalue weighted by Crippen LogP contribution is 2.28. The lowest BCUT2D eigenvalue weighted by molar-refractivity contribution is -0.139. The molecule has 19 heavy (non-hydrogen) atoms. The van der Waals surface area contributed by atoms with Crippen molar-refractivity contribution in [2.45, 2.75) is 31.6 Å². The zero-order valence-corrected chi connectivity index (χ0v) is 12.6. The third-order valence-corrected chi connectivity index (χ3v) is 4.48. The van der Waals surface area contributed by atoms with Gasteiger partial charge >= 0.3 is 5.97 Å². The molecule has 1 aromatic rings. The smallest absolute Gasteiger partial charge is 0.311 e. The van der Waals surface area contributed by atoms with Crippen molar-refractivity contribution < 1.29 is 9.90 Å². The van der Waals surface area contributed by atoms with Gasteiger partial charge in [0.2, 0.25) is 0 Å². The molecule has 1 unspecified atom stereocenters. The molecule has 3 nitrogen and oxygen atoms in total. The fourth-order valence-electron chi connectivity index (χ4n) is 2.66. The highest BCUT2D eigenvalue weighted by molar-refractivity contribution is 9.10. The first kappa shape index (κ1) is 14.5. The molecule has 2 rings (SSSR count). The zero-order valence-electron chi connectivity index (χ0n) is 11.0. The van der Waals surface area contributed by atoms with Crippen molar-refractivity contribution in [1.29, 1.82) is 0 Å². The molecule has 0 spiro atoms. The molecule has 0 saturated carbocycles. The molecular formula is C15H20BrNO2. The van der Waals surface area contributed by atoms with Crippen LogP contribution in [0.25, 0.3) is 0 Å². The molecule has 1 aromatic carbocycles. The summed E-state index contributed by atoms with van der Waals surface area (Å²) in [5, 5.41) is 9.44. The van der Waals surface area contributed by atoms with Crippen molar-refractivity contribution in [2.24, 2.45) is 0 Å². The number of carboxylic acid groups (broad SMARTS) is 1. The summed E-state index contributed by atoms with van der Waals surface area (Å²) in [5.74, 6) is -1.15. The minimum Gasteiger partial charge on any atom is -0.481 e. The lowest BCUT2D eigenvalue weighted by Crippen LogP contribution is -2.32. The van der Waals surface area contributed by atoms with Gasteiger partial charge in [-0.3, -0.25) is 4.79 Å². The lowest BCUT2D eigenvalue weighted by Gasteiger charge is -2.27. The van der Waals surface area contributed by atoms with E-state index in [4.69, 9.17) is 0 Å². The minimum absolute atomic E-state index is 0.419. The maximum atomic E-state index is 11.5. The quantitative estimate of drug-likeness (QED) is 0.900. The van der Waals surface area contributed by atoms with Crippen LogP contribution in [0.2, 0.25) is 0 Å². The van der Waals surface area contributed by atoms with Crippen molar-refractivity contribution in [3.8, 4) is 0 Å². The predicted molar refractivity (Wildman–Crippen MR) is 79.4 cm³/mol. The second kappa shape index (κ2) is 7.06. The summed E-state index contributed by atoms with van der Waals surface area (Å²) in [6.45, 7) is 3.10. The van der Waals surface area contributed by atoms with Crippen LogP contribution in [0.15, 0.2) is 28.7 Å². The van der Waals surface area contributed by atoms with E-state index in [0.29, 0.717) is 6.42 Å². The number of halogens is 1. The maximum Gasteiger partial charge on any atom is 0.311 e. The molecule has 4 heteroatoms. The van der Waals surface area contributed by atoms with E-state index in [2.05, 4.69) is 20.8 Å². The number of piperidine rings is 1. The SMILES string of the molecule is O=C(O)C(CCN1CCCCC1)c1ccccc1Br. The summed E-state index contributed by atoms with van der Waals surface area (Å²) in [5.41, 5.74) is 0.881. The third kappa shape index (κ3) is 4.05. The molecule has 1 saturated heterocycles. The number of benzene rings is 1. The molecule has 0 bridgehead atoms. The minimum atomic E-state index is -0.732. The van der Waals surface area contributed by atoms with Crippen LogP contribution in [0.3, 0.4) is 0 Å². The maximum absolute atomic E-state index is 11.5. The van der Waals surface area contributed by atoms with E-state index < -0.39 is 11.9 Å². The highest BCUT2D eigenvalue weighted by atomic mass is 79.9. The van der Waals surface area contributed by atoms with Crippen LogP contribution in [0.5, 0.6) is 0 Å². The van der Waals surface area contributed by atoms with Gasteiger partial charge in [-0.25, -0.2) is 0 Å². The summed E-state index contributed by atoms with van der Waals surface area (Å²) in [6, 6.07) is 7.62. The largest absolute Gasteiger partial charge is 0.481 e. The molecule has 0 radical (unpaired) electrons. The number of hydrogen-bond donors (Lipinski definition) is 1. The van der Waals surface area contributed by atoms with Crippen molar-refractivity contribution in [3.05, 3.63) is 34.3 Å². The summed E-state index contributed by atoms with van der Waals surface area (Å²) in [7, 11) is 0. The Hall–Kier alpha value is -0.870. The van der Waals surface area contributed by atoms with E-state index in [1.54, 1.807) is 0 Å². The van der Waals surface area contributed by atoms with Crippen LogP contribution in [0, 0.1) is 0 Å². The summed E-state index contributed by atoms with van der Waals surface area (Å²) in [6.07, 6.45) is 4.47. The Balaban J connectivity index is 2.00. The molecule has 1 atom stereocenters. The molecule has 0 aromatic heterocycles. The average molecular weight is 326 g/mol. The van der Waals surface area contributed by atoms with E-state index in [-0.39, 0.29) is 0 Å². The lowest BCUT2D eigenvalue weighted by atomic mass is 9.95. The molecular weight excluding hydrogens is 306 g/mol. The predicted octanol–water partition coefficient (Wildman–Crippen LogP) is 3.49. The topological polar surface area (TPSA) is 40.5 Å². The van der Waals surface area contributed by atoms with E-state index in [9.17, 15) is 9.90 Å². The van der Waals surface area contributed by atoms with E-state index in [1.165, 1.54) is 19.3 Å². The molecule has 1 aliphatic rings. The standard InChI is InChI=1S/C15H20BrNO2/c16-14-7-3-2-6-12(14)13(15(18)19)8-11-17-9-4-1-5-10-17/h2-3,6-7,13H,1,4-5,8-11H2,(H,18,19). The molecule has 104 valence electrons. The number of likely N-dealkylation sites (tertiary alicyclic amines) is 1. The molecule has 1 aliphatic heterocycles. The van der Waals surface area contributed by atoms with Gasteiger partial charge in [0, 0.05) is 4.47 Å². The second-order valence-electron chi connectivity index (χ2n) is 5.10. The Labute approximate surface area is 122 Å². The van der Waals surface area contributed by atoms with Crippen LogP contribution in [-0.4, -0.2) is 35.6 Å². The molecule has 1 N–H and O–H groups in total. The Morgan fingerprint density at radius 3 is 2.58 bits per heavy atom. The van der Waals surface area contributed by atoms with Gasteiger partial charge in [0.15, 0.2) is 0 Å². The summed E-state index contributed by atoms with van der Waals surface area (Å²) in [4.78, 5) is 13.9. The number of rotatable bonds is 5. The van der Waals surface area contributed by atoms with Gasteiger partial charge in [0.05, 0.1) is 5.92 Å². The van der Waals surface area contributed by atoms with Crippen molar-refractivity contribution in [3.63, 3.8) is 0 Å². The monoisotopic (exact) mass is 325 g/mol. The van der Waals surface area contributed by atoms with Crippen LogP contribution in [0.4, 0.5) is 0 Å². The van der Waals surface area contributed by atoms with E-state index in [1.807, 2.05) is 24.3 Å². The third-order valence-electron chi connectivity index (χ3n) is 3.76. The normalized spacial score (nSPS) is 18.2. The Bertz CT molecular complexity index is 430. The van der Waals surface area contributed by atoms with Crippen LogP contribution < -0.4 is 0 Å². The Kier molecular flexibility index (Phi) is 5.40. The van der Waals surface area contributed by atoms with Gasteiger partial charge in [0.1, 0.15) is 0 Å². The van der Waals surface area contributed by atoms with Gasteiger partial charge in [-0.2, -0.15) is 0 Å². The number of nitrogens with zero attached hydrogens (tertiary/aromatic N) is 1. The van der Waals surface area contributed by atoms with Crippen molar-refractivity contribution in [2.75, 3.05) is 19.6 Å². The van der Waals surface area contributed by atoms with Gasteiger partial charge in [-0.15, -0.1) is 0 Å². The Morgan fingerprint density at radius 2 is 1.95 bits per heavy atom. The molecule has 1 fully saturated rings. The van der Waals surface area contributed by atoms with Crippen LogP contribution in [0.1, 0.15) is 37.2 Å². The van der Waals surface area contributed by atoms with Crippen LogP contribution >= 0.6 is 15.9 Å². The first-order chi connectivity index (χ1) is 9.18.